The number of anilines is 1. The van der Waals surface area contributed by atoms with Crippen molar-refractivity contribution in [2.24, 2.45) is 5.92 Å². The van der Waals surface area contributed by atoms with Gasteiger partial charge in [-0.05, 0) is 42.0 Å². The lowest BCUT2D eigenvalue weighted by molar-refractivity contribution is 0.520. The molecule has 19 heavy (non-hydrogen) atoms. The van der Waals surface area contributed by atoms with Gasteiger partial charge in [0.05, 0.1) is 0 Å². The molecule has 1 N–H and O–H groups in total. The molecule has 1 heterocycles. The van der Waals surface area contributed by atoms with E-state index in [1.54, 1.807) is 0 Å². The highest BCUT2D eigenvalue weighted by Gasteiger charge is 2.18. The van der Waals surface area contributed by atoms with E-state index in [2.05, 4.69) is 43.1 Å². The topological polar surface area (TPSA) is 15.3 Å². The third-order valence-corrected chi connectivity index (χ3v) is 4.04. The summed E-state index contributed by atoms with van der Waals surface area (Å²) in [6.45, 7) is 11.2. The summed E-state index contributed by atoms with van der Waals surface area (Å²) in [6, 6.07) is 6.37. The smallest absolute Gasteiger partial charge is 0.0410 e. The minimum absolute atomic E-state index is 0.559. The Hall–Kier alpha value is -0.730. The summed E-state index contributed by atoms with van der Waals surface area (Å²) in [5, 5.41) is 4.26. The van der Waals surface area contributed by atoms with Gasteiger partial charge in [0.25, 0.3) is 0 Å². The maximum Gasteiger partial charge on any atom is 0.0410 e. The van der Waals surface area contributed by atoms with Crippen LogP contribution in [0.15, 0.2) is 18.2 Å². The number of nitrogens with one attached hydrogen (secondary N) is 1. The molecule has 0 unspecified atom stereocenters. The molecule has 0 saturated carbocycles. The van der Waals surface area contributed by atoms with Crippen LogP contribution in [0.1, 0.15) is 38.7 Å². The predicted molar refractivity (Wildman–Crippen MR) is 84.4 cm³/mol. The molecule has 0 spiro atoms. The van der Waals surface area contributed by atoms with E-state index in [0.29, 0.717) is 11.8 Å². The average molecular weight is 281 g/mol. The Morgan fingerprint density at radius 1 is 1.21 bits per heavy atom. The normalized spacial score (nSPS) is 17.8. The van der Waals surface area contributed by atoms with Crippen LogP contribution in [0.5, 0.6) is 0 Å². The van der Waals surface area contributed by atoms with Gasteiger partial charge >= 0.3 is 0 Å². The Morgan fingerprint density at radius 2 is 1.89 bits per heavy atom. The minimum atomic E-state index is 0.559. The van der Waals surface area contributed by atoms with Crippen molar-refractivity contribution >= 4 is 17.3 Å². The van der Waals surface area contributed by atoms with E-state index in [9.17, 15) is 0 Å². The zero-order valence-corrected chi connectivity index (χ0v) is 13.0. The van der Waals surface area contributed by atoms with E-state index in [1.165, 1.54) is 17.7 Å². The molecule has 0 bridgehead atoms. The van der Waals surface area contributed by atoms with Gasteiger partial charge in [0.15, 0.2) is 0 Å². The van der Waals surface area contributed by atoms with Gasteiger partial charge in [0.2, 0.25) is 0 Å². The quantitative estimate of drug-likeness (QED) is 0.900. The average Bonchev–Trinajstić information content (AvgIpc) is 2.39. The van der Waals surface area contributed by atoms with Crippen LogP contribution in [-0.2, 0) is 0 Å². The van der Waals surface area contributed by atoms with Crippen molar-refractivity contribution in [2.45, 2.75) is 33.1 Å². The lowest BCUT2D eigenvalue weighted by Crippen LogP contribution is -2.44. The standard InChI is InChI=1S/C16H25ClN2/c1-12(2)10-13(3)15-11-14(17)4-5-16(15)19-8-6-18-7-9-19/h4-5,11-13,18H,6-10H2,1-3H3/t13-/m0/s1. The van der Waals surface area contributed by atoms with Gasteiger partial charge in [-0.15, -0.1) is 0 Å². The molecule has 1 aromatic rings. The monoisotopic (exact) mass is 280 g/mol. The van der Waals surface area contributed by atoms with Crippen molar-refractivity contribution < 1.29 is 0 Å². The van der Waals surface area contributed by atoms with Gasteiger partial charge in [-0.1, -0.05) is 32.4 Å². The van der Waals surface area contributed by atoms with E-state index in [1.807, 2.05) is 6.07 Å². The molecule has 1 atom stereocenters. The number of piperazine rings is 1. The maximum absolute atomic E-state index is 6.21. The Morgan fingerprint density at radius 3 is 2.53 bits per heavy atom. The first-order valence-electron chi connectivity index (χ1n) is 7.33. The molecule has 1 saturated heterocycles. The summed E-state index contributed by atoms with van der Waals surface area (Å²) in [7, 11) is 0. The van der Waals surface area contributed by atoms with Gasteiger partial charge in [-0.3, -0.25) is 0 Å². The second-order valence-electron chi connectivity index (χ2n) is 5.97. The summed E-state index contributed by atoms with van der Waals surface area (Å²) in [5.41, 5.74) is 2.78. The molecule has 1 aliphatic rings. The fraction of sp³-hybridized carbons (Fsp3) is 0.625. The first-order valence-corrected chi connectivity index (χ1v) is 7.71. The summed E-state index contributed by atoms with van der Waals surface area (Å²) >= 11 is 6.21. The highest BCUT2D eigenvalue weighted by atomic mass is 35.5. The summed E-state index contributed by atoms with van der Waals surface area (Å²) < 4.78 is 0. The molecule has 2 rings (SSSR count). The van der Waals surface area contributed by atoms with Crippen molar-refractivity contribution in [1.82, 2.24) is 5.32 Å². The highest BCUT2D eigenvalue weighted by molar-refractivity contribution is 6.30. The molecule has 0 aromatic heterocycles. The second kappa shape index (κ2) is 6.62. The van der Waals surface area contributed by atoms with Crippen LogP contribution in [0.25, 0.3) is 0 Å². The van der Waals surface area contributed by atoms with Gasteiger partial charge in [-0.2, -0.15) is 0 Å². The van der Waals surface area contributed by atoms with E-state index >= 15 is 0 Å². The fourth-order valence-electron chi connectivity index (χ4n) is 2.95. The van der Waals surface area contributed by atoms with Crippen LogP contribution in [0, 0.1) is 5.92 Å². The first-order chi connectivity index (χ1) is 9.08. The van der Waals surface area contributed by atoms with Crippen LogP contribution in [0.3, 0.4) is 0 Å². The van der Waals surface area contributed by atoms with Crippen molar-refractivity contribution in [3.63, 3.8) is 0 Å². The van der Waals surface area contributed by atoms with Crippen LogP contribution >= 0.6 is 11.6 Å². The van der Waals surface area contributed by atoms with Crippen LogP contribution in [0.4, 0.5) is 5.69 Å². The number of hydrogen-bond donors (Lipinski definition) is 1. The minimum Gasteiger partial charge on any atom is -0.369 e. The fourth-order valence-corrected chi connectivity index (χ4v) is 3.13. The number of rotatable bonds is 4. The van der Waals surface area contributed by atoms with Crippen LogP contribution in [0.2, 0.25) is 5.02 Å². The third-order valence-electron chi connectivity index (χ3n) is 3.80. The molecule has 3 heteroatoms. The number of hydrogen-bond acceptors (Lipinski definition) is 2. The van der Waals surface area contributed by atoms with Gasteiger partial charge in [0.1, 0.15) is 0 Å². The lowest BCUT2D eigenvalue weighted by atomic mass is 9.90. The van der Waals surface area contributed by atoms with E-state index in [4.69, 9.17) is 11.6 Å². The van der Waals surface area contributed by atoms with E-state index in [-0.39, 0.29) is 0 Å². The molecule has 0 amide bonds. The molecule has 1 aromatic carbocycles. The predicted octanol–water partition coefficient (Wildman–Crippen LogP) is 3.90. The molecule has 2 nitrogen and oxygen atoms in total. The van der Waals surface area contributed by atoms with Crippen molar-refractivity contribution in [3.05, 3.63) is 28.8 Å². The Balaban J connectivity index is 2.26. The largest absolute Gasteiger partial charge is 0.369 e. The van der Waals surface area contributed by atoms with Crippen molar-refractivity contribution in [2.75, 3.05) is 31.1 Å². The number of halogens is 1. The lowest BCUT2D eigenvalue weighted by Gasteiger charge is -2.32. The molecular formula is C16H25ClN2. The molecular weight excluding hydrogens is 256 g/mol. The van der Waals surface area contributed by atoms with E-state index < -0.39 is 0 Å². The van der Waals surface area contributed by atoms with Crippen molar-refractivity contribution in [3.8, 4) is 0 Å². The van der Waals surface area contributed by atoms with Crippen LogP contribution < -0.4 is 10.2 Å². The number of nitrogens with zero attached hydrogens (tertiary/aromatic N) is 1. The summed E-state index contributed by atoms with van der Waals surface area (Å²) in [4.78, 5) is 2.49. The third kappa shape index (κ3) is 3.87. The molecule has 106 valence electrons. The molecule has 0 aliphatic carbocycles. The van der Waals surface area contributed by atoms with Crippen LogP contribution in [-0.4, -0.2) is 26.2 Å². The van der Waals surface area contributed by atoms with Gasteiger partial charge in [0, 0.05) is 36.9 Å². The molecule has 1 fully saturated rings. The Kier molecular flexibility index (Phi) is 5.12. The van der Waals surface area contributed by atoms with Gasteiger partial charge < -0.3 is 10.2 Å². The number of benzene rings is 1. The zero-order chi connectivity index (χ0) is 13.8. The first kappa shape index (κ1) is 14.7. The summed E-state index contributed by atoms with van der Waals surface area (Å²) in [6.07, 6.45) is 1.21. The molecule has 1 aliphatic heterocycles. The van der Waals surface area contributed by atoms with Gasteiger partial charge in [-0.25, -0.2) is 0 Å². The Labute approximate surface area is 122 Å². The second-order valence-corrected chi connectivity index (χ2v) is 6.41. The van der Waals surface area contributed by atoms with Crippen molar-refractivity contribution in [1.29, 1.82) is 0 Å². The Bertz CT molecular complexity index is 411. The SMILES string of the molecule is CC(C)C[C@H](C)c1cc(Cl)ccc1N1CCNCC1. The summed E-state index contributed by atoms with van der Waals surface area (Å²) in [5.74, 6) is 1.27. The molecule has 0 radical (unpaired) electrons. The van der Waals surface area contributed by atoms with E-state index in [0.717, 1.165) is 31.2 Å². The zero-order valence-electron chi connectivity index (χ0n) is 12.2. The highest BCUT2D eigenvalue weighted by Crippen LogP contribution is 2.34. The maximum atomic E-state index is 6.21.